The van der Waals surface area contributed by atoms with Gasteiger partial charge in [-0.2, -0.15) is 0 Å². The van der Waals surface area contributed by atoms with Gasteiger partial charge in [-0.1, -0.05) is 178 Å². The molecule has 27 heteroatoms. The van der Waals surface area contributed by atoms with Crippen LogP contribution in [0.2, 0.25) is 0 Å². The van der Waals surface area contributed by atoms with E-state index < -0.39 is 104 Å². The van der Waals surface area contributed by atoms with Crippen molar-refractivity contribution in [2.24, 2.45) is 0 Å². The average molecular weight is 1840 g/mol. The number of halogens is 9. The van der Waals surface area contributed by atoms with Crippen LogP contribution in [0.25, 0.3) is 121 Å². The van der Waals surface area contributed by atoms with Gasteiger partial charge in [-0.05, 0) is 180 Å². The molecule has 3 atom stereocenters. The smallest absolute Gasteiger partial charge is 0.262 e. The van der Waals surface area contributed by atoms with Crippen molar-refractivity contribution in [3.8, 4) is 55.6 Å². The van der Waals surface area contributed by atoms with Gasteiger partial charge in [0.15, 0.2) is 11.5 Å². The number of Topliss-reactive ketones (excluding diaryl/α,β-unsaturated/α-hetero) is 1. The van der Waals surface area contributed by atoms with E-state index in [2.05, 4.69) is 15.9 Å². The molecule has 6 aromatic heterocycles. The summed E-state index contributed by atoms with van der Waals surface area (Å²) in [5, 5.41) is 19.1. The zero-order valence-corrected chi connectivity index (χ0v) is 71.6. The number of hydrogen-bond donors (Lipinski definition) is 2. The molecule has 658 valence electrons. The Labute approximate surface area is 745 Å². The van der Waals surface area contributed by atoms with E-state index in [1.165, 1.54) is 130 Å². The Balaban J connectivity index is 0.000000129. The number of aliphatic hydroxyl groups excluding tert-OH is 2. The molecule has 18 nitrogen and oxygen atoms in total. The minimum atomic E-state index is -1.10. The van der Waals surface area contributed by atoms with E-state index in [4.69, 9.17) is 26.5 Å². The topological polar surface area (TPSA) is 276 Å². The van der Waals surface area contributed by atoms with E-state index >= 15 is 0 Å². The third-order valence-electron chi connectivity index (χ3n) is 21.1. The van der Waals surface area contributed by atoms with Crippen molar-refractivity contribution in [2.75, 3.05) is 0 Å². The fraction of sp³-hybridized carbons (Fsp3) is 0.106. The minimum Gasteiger partial charge on any atom is -0.460 e. The van der Waals surface area contributed by atoms with Crippen LogP contribution in [-0.4, -0.2) is 32.7 Å². The highest BCUT2D eigenvalue weighted by Gasteiger charge is 2.42. The van der Waals surface area contributed by atoms with Crippen LogP contribution in [-0.2, 0) is 6.42 Å². The number of aliphatic hydroxyl groups is 2. The Morgan fingerprint density at radius 2 is 0.656 bits per heavy atom. The van der Waals surface area contributed by atoms with Crippen LogP contribution in [0.1, 0.15) is 119 Å². The van der Waals surface area contributed by atoms with Crippen molar-refractivity contribution < 1.29 is 86.2 Å². The number of carbonyl (C=O) groups is 3. The summed E-state index contributed by atoms with van der Waals surface area (Å²) in [5.41, 5.74) is 1.53. The summed E-state index contributed by atoms with van der Waals surface area (Å²) in [7, 11) is 0. The maximum absolute atomic E-state index is 14.6. The van der Waals surface area contributed by atoms with E-state index in [1.807, 2.05) is 43.3 Å². The van der Waals surface area contributed by atoms with E-state index in [-0.39, 0.29) is 126 Å². The van der Waals surface area contributed by atoms with Gasteiger partial charge in [-0.3, -0.25) is 48.1 Å². The highest BCUT2D eigenvalue weighted by atomic mass is 79.9. The molecule has 0 saturated carbocycles. The number of hydrogen-bond acceptors (Lipinski definition) is 17. The van der Waals surface area contributed by atoms with E-state index in [1.54, 1.807) is 111 Å². The normalized spacial score (nSPS) is 12.2. The molecule has 2 amide bonds. The molecular formula is C104H72BrF8NO17. The van der Waals surface area contributed by atoms with Crippen LogP contribution < -0.4 is 32.6 Å². The summed E-state index contributed by atoms with van der Waals surface area (Å²) in [5.74, 6) is -5.11. The molecule has 2 N–H and O–H groups in total. The Hall–Kier alpha value is -15.5. The van der Waals surface area contributed by atoms with Crippen LogP contribution in [0.3, 0.4) is 0 Å². The molecule has 0 bridgehead atoms. The number of fused-ring (bicyclic) bond motifs is 7. The maximum Gasteiger partial charge on any atom is 0.262 e. The van der Waals surface area contributed by atoms with Crippen molar-refractivity contribution in [3.63, 3.8) is 0 Å². The molecule has 0 saturated heterocycles. The highest BCUT2D eigenvalue weighted by Crippen LogP contribution is 2.40. The van der Waals surface area contributed by atoms with Gasteiger partial charge in [0.05, 0.1) is 45.0 Å². The SMILES string of the molecule is CC(=O)c1oc2cccc(F)c2c(=O)c1-c1ccc(F)cc1.CC(O)c1oc2cccc(F)c2c(=O)c1-c1ccccc1.CCC(c1oc2cccc(F)c2c(=O)c1-c1ccccc1)N1C(=O)c2ccccc2C1=O.CCc1oc2cccc(F)c2c(=O)c1-c1ccccc1.C[C@@H](O)c1oc2cccc(F)c2c(=O)c1-c1cccc(F)c1.Cc1oc2cccc(F)c2c(=O)c1Br. The summed E-state index contributed by atoms with van der Waals surface area (Å²) in [4.78, 5) is 115. The molecule has 18 aromatic rings. The number of ketones is 1. The summed E-state index contributed by atoms with van der Waals surface area (Å²) in [6.45, 7) is 9.54. The number of benzene rings is 12. The summed E-state index contributed by atoms with van der Waals surface area (Å²) in [6.07, 6.45) is -1.18. The molecule has 1 aliphatic heterocycles. The van der Waals surface area contributed by atoms with E-state index in [0.717, 1.165) is 40.8 Å². The number of nitrogens with zero attached hydrogens (tertiary/aromatic N) is 1. The van der Waals surface area contributed by atoms with E-state index in [0.29, 0.717) is 63.3 Å². The second-order valence-corrected chi connectivity index (χ2v) is 30.5. The highest BCUT2D eigenvalue weighted by molar-refractivity contribution is 9.10. The predicted octanol–water partition coefficient (Wildman–Crippen LogP) is 23.9. The fourth-order valence-electron chi connectivity index (χ4n) is 15.1. The lowest BCUT2D eigenvalue weighted by Gasteiger charge is -2.26. The lowest BCUT2D eigenvalue weighted by Crippen LogP contribution is -2.34. The zero-order valence-electron chi connectivity index (χ0n) is 70.0. The van der Waals surface area contributed by atoms with Gasteiger partial charge in [0.2, 0.25) is 32.6 Å². The first-order chi connectivity index (χ1) is 62.9. The molecule has 2 unspecified atom stereocenters. The largest absolute Gasteiger partial charge is 0.460 e. The Bertz CT molecular complexity index is 7860. The predicted molar refractivity (Wildman–Crippen MR) is 485 cm³/mol. The van der Waals surface area contributed by atoms with Gasteiger partial charge in [-0.25, -0.2) is 35.1 Å². The van der Waals surface area contributed by atoms with Gasteiger partial charge >= 0.3 is 0 Å². The molecule has 0 spiro atoms. The van der Waals surface area contributed by atoms with Crippen molar-refractivity contribution in [1.82, 2.24) is 4.90 Å². The molecular weight excluding hydrogens is 1770 g/mol. The quantitative estimate of drug-likeness (QED) is 0.0653. The van der Waals surface area contributed by atoms with Gasteiger partial charge in [0.25, 0.3) is 11.8 Å². The zero-order chi connectivity index (χ0) is 93.5. The van der Waals surface area contributed by atoms with Crippen molar-refractivity contribution in [1.29, 1.82) is 0 Å². The Kier molecular flexibility index (Phi) is 27.6. The molecule has 7 heterocycles. The van der Waals surface area contributed by atoms with Gasteiger partial charge in [0.1, 0.15) is 158 Å². The van der Waals surface area contributed by atoms with Gasteiger partial charge < -0.3 is 36.7 Å². The summed E-state index contributed by atoms with van der Waals surface area (Å²) >= 11 is 3.06. The first kappa shape index (κ1) is 91.8. The first-order valence-corrected chi connectivity index (χ1v) is 41.4. The van der Waals surface area contributed by atoms with Crippen molar-refractivity contribution >= 4 is 99.3 Å². The minimum absolute atomic E-state index is 0.000983. The fourth-order valence-corrected chi connectivity index (χ4v) is 15.4. The molecule has 19 rings (SSSR count). The molecule has 12 aromatic carbocycles. The Morgan fingerprint density at radius 3 is 1.04 bits per heavy atom. The number of amides is 2. The third-order valence-corrected chi connectivity index (χ3v) is 22.0. The number of rotatable bonds is 12. The summed E-state index contributed by atoms with van der Waals surface area (Å²) in [6, 6.07) is 68.0. The first-order valence-electron chi connectivity index (χ1n) is 40.6. The van der Waals surface area contributed by atoms with Crippen LogP contribution in [0, 0.1) is 53.5 Å². The van der Waals surface area contributed by atoms with Crippen molar-refractivity contribution in [2.45, 2.75) is 72.6 Å². The van der Waals surface area contributed by atoms with Crippen LogP contribution in [0.5, 0.6) is 0 Å². The second-order valence-electron chi connectivity index (χ2n) is 29.7. The average Bonchev–Trinajstić information content (AvgIpc) is 1.57. The molecule has 0 radical (unpaired) electrons. The molecule has 131 heavy (non-hydrogen) atoms. The summed E-state index contributed by atoms with van der Waals surface area (Å²) < 4.78 is 144. The van der Waals surface area contributed by atoms with Crippen LogP contribution in [0.4, 0.5) is 35.1 Å². The monoisotopic (exact) mass is 1840 g/mol. The standard InChI is InChI=1S/C26H18FNO4.C17H12F2O3.C17H10F2O3.C17H13FO3.C17H13FO2.C10H6BrFO2/c1-2-19(28-25(30)16-11-6-7-12-17(16)26(28)31)24-21(15-9-4-3-5-10-15)23(29)22-18(27)13-8-14-20(22)32-24;1-9(20)17-14(10-4-2-5-11(18)8-10)16(21)15-12(19)6-3-7-13(15)22-17;1-9(20)17-14(10-5-7-11(18)8-6-10)16(21)15-12(19)3-2-4-13(15)22-17;1-10(19)17-14(11-6-3-2-4-7-11)16(20)15-12(18)8-5-9-13(15)21-17;1-2-13-15(11-7-4-3-5-8-11)17(19)16-12(18)9-6-10-14(16)20-13;1-5-9(11)10(13)8-6(12)3-2-4-7(8)14-5/h3-14,19H,2H2,1H3;2-9,20H,1H3;2-8H,1H3;2-10,19H,1H3;3-10H,2H2,1H3;2-4H,1H3/t;9-;;;;/m.1..../s1. The van der Waals surface area contributed by atoms with Gasteiger partial charge in [0, 0.05) is 13.3 Å². The molecule has 0 fully saturated rings. The van der Waals surface area contributed by atoms with Gasteiger partial charge in [-0.15, -0.1) is 0 Å². The number of carbonyl (C=O) groups excluding carboxylic acids is 3. The lowest BCUT2D eigenvalue weighted by atomic mass is 9.96. The number of aryl methyl sites for hydroxylation is 2. The number of imide groups is 1. The Morgan fingerprint density at radius 1 is 0.344 bits per heavy atom. The van der Waals surface area contributed by atoms with Crippen LogP contribution in [0.15, 0.2) is 333 Å². The van der Waals surface area contributed by atoms with E-state index in [9.17, 15) is 88.5 Å². The third kappa shape index (κ3) is 18.6. The maximum atomic E-state index is 14.6. The molecule has 1 aliphatic rings. The second kappa shape index (κ2) is 39.4. The van der Waals surface area contributed by atoms with Crippen molar-refractivity contribution in [3.05, 3.63) is 431 Å². The molecule has 0 aliphatic carbocycles. The lowest BCUT2D eigenvalue weighted by molar-refractivity contribution is 0.0558. The van der Waals surface area contributed by atoms with Crippen LogP contribution >= 0.6 is 15.9 Å².